The summed E-state index contributed by atoms with van der Waals surface area (Å²) in [7, 11) is 0. The molecule has 2 unspecified atom stereocenters. The molecule has 2 atom stereocenters. The number of hydrogen-bond acceptors (Lipinski definition) is 5. The van der Waals surface area contributed by atoms with Crippen molar-refractivity contribution in [3.63, 3.8) is 0 Å². The van der Waals surface area contributed by atoms with E-state index in [1.807, 2.05) is 78.9 Å². The Morgan fingerprint density at radius 2 is 1.54 bits per heavy atom. The Kier molecular flexibility index (Phi) is 8.22. The molecule has 39 heavy (non-hydrogen) atoms. The Hall–Kier alpha value is -4.17. The van der Waals surface area contributed by atoms with Gasteiger partial charge in [-0.1, -0.05) is 78.9 Å². The molecule has 8 nitrogen and oxygen atoms in total. The summed E-state index contributed by atoms with van der Waals surface area (Å²) in [6.45, 7) is 2.02. The van der Waals surface area contributed by atoms with Crippen molar-refractivity contribution in [3.05, 3.63) is 95.6 Å². The van der Waals surface area contributed by atoms with Gasteiger partial charge in [-0.15, -0.1) is 0 Å². The Morgan fingerprint density at radius 1 is 0.897 bits per heavy atom. The number of hydrogen-bond donors (Lipinski definition) is 2. The molecule has 1 saturated heterocycles. The van der Waals surface area contributed by atoms with E-state index in [1.165, 1.54) is 0 Å². The summed E-state index contributed by atoms with van der Waals surface area (Å²) in [6.07, 6.45) is -0.571. The second-order valence-corrected chi connectivity index (χ2v) is 10.1. The Labute approximate surface area is 227 Å². The Morgan fingerprint density at radius 3 is 2.21 bits per heavy atom. The predicted molar refractivity (Wildman–Crippen MR) is 145 cm³/mol. The first-order chi connectivity index (χ1) is 19.0. The lowest BCUT2D eigenvalue weighted by Crippen LogP contribution is -2.49. The zero-order valence-corrected chi connectivity index (χ0v) is 21.6. The normalized spacial score (nSPS) is 16.8. The second-order valence-electron chi connectivity index (χ2n) is 10.1. The fourth-order valence-corrected chi connectivity index (χ4v) is 5.46. The lowest BCUT2D eigenvalue weighted by Gasteiger charge is -2.24. The molecule has 2 amide bonds. The topological polar surface area (TPSA) is 105 Å². The van der Waals surface area contributed by atoms with Gasteiger partial charge in [-0.25, -0.2) is 4.79 Å². The van der Waals surface area contributed by atoms with Crippen molar-refractivity contribution in [2.45, 2.75) is 31.4 Å². The van der Waals surface area contributed by atoms with Crippen LogP contribution in [0.5, 0.6) is 0 Å². The molecular weight excluding hydrogens is 496 g/mol. The smallest absolute Gasteiger partial charge is 0.407 e. The molecule has 202 valence electrons. The quantitative estimate of drug-likeness (QED) is 0.403. The minimum Gasteiger partial charge on any atom is -0.481 e. The minimum atomic E-state index is -1.21. The summed E-state index contributed by atoms with van der Waals surface area (Å²) < 4.78 is 11.4. The highest BCUT2D eigenvalue weighted by molar-refractivity contribution is 5.89. The minimum absolute atomic E-state index is 0.0817. The van der Waals surface area contributed by atoms with Crippen molar-refractivity contribution in [1.82, 2.24) is 10.2 Å². The number of aliphatic carboxylic acids is 1. The van der Waals surface area contributed by atoms with E-state index in [9.17, 15) is 19.5 Å². The number of carboxylic acid groups (broad SMARTS) is 1. The molecule has 0 bridgehead atoms. The molecule has 1 aliphatic heterocycles. The lowest BCUT2D eigenvalue weighted by molar-refractivity contribution is -0.142. The van der Waals surface area contributed by atoms with Gasteiger partial charge in [-0.2, -0.15) is 0 Å². The van der Waals surface area contributed by atoms with E-state index in [0.29, 0.717) is 26.3 Å². The summed E-state index contributed by atoms with van der Waals surface area (Å²) in [5.41, 5.74) is 5.44. The van der Waals surface area contributed by atoms with Crippen LogP contribution < -0.4 is 5.32 Å². The SMILES string of the molecule is O=C(O)CC(NC(=O)OCC1c2ccccc2-c2ccccc21)C(=O)N1CCC(COCc2ccccc2)C1. The van der Waals surface area contributed by atoms with E-state index < -0.39 is 30.4 Å². The molecule has 3 aromatic rings. The van der Waals surface area contributed by atoms with Crippen LogP contribution >= 0.6 is 0 Å². The van der Waals surface area contributed by atoms with Crippen molar-refractivity contribution < 1.29 is 29.0 Å². The molecule has 1 fully saturated rings. The lowest BCUT2D eigenvalue weighted by atomic mass is 9.98. The van der Waals surface area contributed by atoms with Crippen LogP contribution in [0.1, 0.15) is 35.4 Å². The van der Waals surface area contributed by atoms with Crippen LogP contribution in [0.2, 0.25) is 0 Å². The van der Waals surface area contributed by atoms with Gasteiger partial charge in [0, 0.05) is 24.9 Å². The van der Waals surface area contributed by atoms with Gasteiger partial charge in [-0.05, 0) is 34.2 Å². The largest absolute Gasteiger partial charge is 0.481 e. The molecule has 3 aromatic carbocycles. The maximum atomic E-state index is 13.2. The van der Waals surface area contributed by atoms with Crippen molar-refractivity contribution in [3.8, 4) is 11.1 Å². The number of rotatable bonds is 10. The summed E-state index contributed by atoms with van der Waals surface area (Å²) in [5, 5.41) is 11.9. The zero-order chi connectivity index (χ0) is 27.2. The number of carbonyl (C=O) groups is 3. The summed E-state index contributed by atoms with van der Waals surface area (Å²) in [5.74, 6) is -1.57. The van der Waals surface area contributed by atoms with Gasteiger partial charge in [0.25, 0.3) is 0 Å². The van der Waals surface area contributed by atoms with Gasteiger partial charge < -0.3 is 24.8 Å². The molecule has 0 spiro atoms. The van der Waals surface area contributed by atoms with Crippen LogP contribution in [0.3, 0.4) is 0 Å². The van der Waals surface area contributed by atoms with Crippen molar-refractivity contribution in [1.29, 1.82) is 0 Å². The van der Waals surface area contributed by atoms with E-state index in [1.54, 1.807) is 4.90 Å². The fourth-order valence-electron chi connectivity index (χ4n) is 5.46. The predicted octanol–water partition coefficient (Wildman–Crippen LogP) is 4.43. The highest BCUT2D eigenvalue weighted by Crippen LogP contribution is 2.44. The van der Waals surface area contributed by atoms with E-state index in [2.05, 4.69) is 5.32 Å². The first-order valence-electron chi connectivity index (χ1n) is 13.2. The van der Waals surface area contributed by atoms with E-state index in [0.717, 1.165) is 34.2 Å². The summed E-state index contributed by atoms with van der Waals surface area (Å²) in [6, 6.07) is 24.7. The average molecular weight is 529 g/mol. The molecule has 8 heteroatoms. The number of likely N-dealkylation sites (tertiary alicyclic amines) is 1. The number of ether oxygens (including phenoxy) is 2. The molecule has 0 aromatic heterocycles. The first kappa shape index (κ1) is 26.4. The third kappa shape index (κ3) is 6.29. The summed E-state index contributed by atoms with van der Waals surface area (Å²) in [4.78, 5) is 39.1. The van der Waals surface area contributed by atoms with Crippen LogP contribution in [0.25, 0.3) is 11.1 Å². The third-order valence-electron chi connectivity index (χ3n) is 7.38. The van der Waals surface area contributed by atoms with E-state index >= 15 is 0 Å². The monoisotopic (exact) mass is 528 g/mol. The van der Waals surface area contributed by atoms with Crippen LogP contribution in [-0.4, -0.2) is 60.3 Å². The maximum Gasteiger partial charge on any atom is 0.407 e. The Bertz CT molecular complexity index is 1280. The number of carbonyl (C=O) groups excluding carboxylic acids is 2. The molecule has 0 saturated carbocycles. The average Bonchev–Trinajstić information content (AvgIpc) is 3.54. The van der Waals surface area contributed by atoms with Crippen LogP contribution in [0.4, 0.5) is 4.79 Å². The van der Waals surface area contributed by atoms with Crippen molar-refractivity contribution in [2.24, 2.45) is 5.92 Å². The van der Waals surface area contributed by atoms with Crippen LogP contribution in [0.15, 0.2) is 78.9 Å². The van der Waals surface area contributed by atoms with E-state index in [4.69, 9.17) is 9.47 Å². The summed E-state index contributed by atoms with van der Waals surface area (Å²) >= 11 is 0. The number of nitrogens with one attached hydrogen (secondary N) is 1. The highest BCUT2D eigenvalue weighted by atomic mass is 16.5. The van der Waals surface area contributed by atoms with Crippen molar-refractivity contribution >= 4 is 18.0 Å². The number of amides is 2. The third-order valence-corrected chi connectivity index (χ3v) is 7.38. The van der Waals surface area contributed by atoms with Gasteiger partial charge in [0.2, 0.25) is 5.91 Å². The molecule has 2 N–H and O–H groups in total. The number of fused-ring (bicyclic) bond motifs is 3. The molecule has 5 rings (SSSR count). The molecule has 1 heterocycles. The highest BCUT2D eigenvalue weighted by Gasteiger charge is 2.34. The molecule has 1 aliphatic carbocycles. The van der Waals surface area contributed by atoms with Crippen molar-refractivity contribution in [2.75, 3.05) is 26.3 Å². The molecule has 2 aliphatic rings. The first-order valence-corrected chi connectivity index (χ1v) is 13.2. The van der Waals surface area contributed by atoms with E-state index in [-0.39, 0.29) is 18.4 Å². The van der Waals surface area contributed by atoms with Gasteiger partial charge in [0.05, 0.1) is 19.6 Å². The number of benzene rings is 3. The fraction of sp³-hybridized carbons (Fsp3) is 0.323. The molecular formula is C31H32N2O6. The Balaban J connectivity index is 1.15. The van der Waals surface area contributed by atoms with Crippen LogP contribution in [-0.2, 0) is 25.7 Å². The van der Waals surface area contributed by atoms with Crippen LogP contribution in [0, 0.1) is 5.92 Å². The standard InChI is InChI=1S/C31H32N2O6/c34-29(35)16-28(30(36)33-15-14-22(17-33)19-38-18-21-8-2-1-3-9-21)32-31(37)39-20-27-25-12-6-4-10-23(25)24-11-5-7-13-26(24)27/h1-13,22,27-28H,14-20H2,(H,32,37)(H,34,35). The zero-order valence-electron chi connectivity index (χ0n) is 21.6. The van der Waals surface area contributed by atoms with Gasteiger partial charge in [0.1, 0.15) is 12.6 Å². The van der Waals surface area contributed by atoms with Gasteiger partial charge in [0.15, 0.2) is 0 Å². The second kappa shape index (κ2) is 12.1. The van der Waals surface area contributed by atoms with Gasteiger partial charge in [-0.3, -0.25) is 9.59 Å². The maximum absolute atomic E-state index is 13.2. The van der Waals surface area contributed by atoms with Gasteiger partial charge >= 0.3 is 12.1 Å². The number of nitrogens with zero attached hydrogens (tertiary/aromatic N) is 1. The number of carboxylic acids is 1. The molecule has 0 radical (unpaired) electrons. The number of alkyl carbamates (subject to hydrolysis) is 1.